The SMILES string of the molecule is COc1nc(C)nc(NC(=O)NS(=O)(=O)c2c(C(=O)O)c(C(C)C)cn2C)n1. The zero-order valence-corrected chi connectivity index (χ0v) is 16.7. The molecular formula is C15H20N6O6S. The molecule has 0 spiro atoms. The lowest BCUT2D eigenvalue weighted by atomic mass is 10.0. The molecule has 0 fully saturated rings. The second kappa shape index (κ2) is 7.80. The van der Waals surface area contributed by atoms with Crippen molar-refractivity contribution in [1.29, 1.82) is 0 Å². The van der Waals surface area contributed by atoms with Gasteiger partial charge < -0.3 is 14.4 Å². The first kappa shape index (κ1) is 21.1. The van der Waals surface area contributed by atoms with E-state index in [1.54, 1.807) is 18.6 Å². The summed E-state index contributed by atoms with van der Waals surface area (Å²) in [7, 11) is -1.81. The summed E-state index contributed by atoms with van der Waals surface area (Å²) in [6.45, 7) is 4.99. The number of carbonyl (C=O) groups excluding carboxylic acids is 1. The summed E-state index contributed by atoms with van der Waals surface area (Å²) in [4.78, 5) is 35.3. The van der Waals surface area contributed by atoms with E-state index in [2.05, 4.69) is 20.3 Å². The molecule has 152 valence electrons. The minimum absolute atomic E-state index is 0.0668. The van der Waals surface area contributed by atoms with Gasteiger partial charge in [0.1, 0.15) is 11.4 Å². The summed E-state index contributed by atoms with van der Waals surface area (Å²) in [5, 5.41) is 11.1. The van der Waals surface area contributed by atoms with E-state index in [4.69, 9.17) is 4.74 Å². The molecule has 0 atom stereocenters. The van der Waals surface area contributed by atoms with Gasteiger partial charge in [-0.2, -0.15) is 23.4 Å². The largest absolute Gasteiger partial charge is 0.478 e. The summed E-state index contributed by atoms with van der Waals surface area (Å²) < 4.78 is 33.1. The van der Waals surface area contributed by atoms with Gasteiger partial charge in [-0.05, 0) is 18.4 Å². The average molecular weight is 412 g/mol. The van der Waals surface area contributed by atoms with Crippen LogP contribution in [0.3, 0.4) is 0 Å². The minimum Gasteiger partial charge on any atom is -0.478 e. The predicted molar refractivity (Wildman–Crippen MR) is 96.9 cm³/mol. The Morgan fingerprint density at radius 1 is 1.25 bits per heavy atom. The van der Waals surface area contributed by atoms with Crippen molar-refractivity contribution in [2.75, 3.05) is 12.4 Å². The van der Waals surface area contributed by atoms with Gasteiger partial charge in [-0.25, -0.2) is 14.3 Å². The smallest absolute Gasteiger partial charge is 0.338 e. The Morgan fingerprint density at radius 2 is 1.89 bits per heavy atom. The van der Waals surface area contributed by atoms with E-state index in [-0.39, 0.29) is 23.7 Å². The molecular weight excluding hydrogens is 392 g/mol. The van der Waals surface area contributed by atoms with Gasteiger partial charge in [0.2, 0.25) is 5.95 Å². The zero-order chi connectivity index (χ0) is 21.2. The monoisotopic (exact) mass is 412 g/mol. The number of rotatable bonds is 6. The second-order valence-electron chi connectivity index (χ2n) is 6.09. The van der Waals surface area contributed by atoms with Gasteiger partial charge >= 0.3 is 18.0 Å². The normalized spacial score (nSPS) is 11.4. The van der Waals surface area contributed by atoms with E-state index in [0.29, 0.717) is 5.56 Å². The maximum absolute atomic E-state index is 12.7. The third-order valence-electron chi connectivity index (χ3n) is 3.61. The van der Waals surface area contributed by atoms with Crippen LogP contribution < -0.4 is 14.8 Å². The Labute approximate surface area is 161 Å². The van der Waals surface area contributed by atoms with E-state index in [1.807, 2.05) is 0 Å². The summed E-state index contributed by atoms with van der Waals surface area (Å²) in [6.07, 6.45) is 1.40. The van der Waals surface area contributed by atoms with Crippen LogP contribution in [0, 0.1) is 6.92 Å². The third kappa shape index (κ3) is 4.36. The molecule has 0 unspecified atom stereocenters. The Morgan fingerprint density at radius 3 is 2.43 bits per heavy atom. The topological polar surface area (TPSA) is 165 Å². The fraction of sp³-hybridized carbons (Fsp3) is 0.400. The number of carboxylic acids is 1. The van der Waals surface area contributed by atoms with Crippen molar-refractivity contribution in [3.8, 4) is 6.01 Å². The van der Waals surface area contributed by atoms with Crippen LogP contribution in [0.15, 0.2) is 11.2 Å². The van der Waals surface area contributed by atoms with E-state index in [0.717, 1.165) is 4.57 Å². The number of carboxylic acid groups (broad SMARTS) is 1. The fourth-order valence-electron chi connectivity index (χ4n) is 2.51. The first-order chi connectivity index (χ1) is 13.0. The Hall–Kier alpha value is -3.22. The Balaban J connectivity index is 2.35. The molecule has 3 N–H and O–H groups in total. The van der Waals surface area contributed by atoms with Crippen molar-refractivity contribution in [3.05, 3.63) is 23.1 Å². The molecule has 0 aliphatic carbocycles. The molecule has 0 aromatic carbocycles. The molecule has 2 aromatic rings. The predicted octanol–water partition coefficient (Wildman–Crippen LogP) is 0.859. The number of aromatic nitrogens is 4. The van der Waals surface area contributed by atoms with Crippen LogP contribution in [0.25, 0.3) is 0 Å². The van der Waals surface area contributed by atoms with Gasteiger partial charge in [-0.1, -0.05) is 13.8 Å². The number of hydrogen-bond acceptors (Lipinski definition) is 8. The average Bonchev–Trinajstić information content (AvgIpc) is 2.92. The van der Waals surface area contributed by atoms with Crippen LogP contribution in [-0.2, 0) is 17.1 Å². The van der Waals surface area contributed by atoms with Gasteiger partial charge in [-0.3, -0.25) is 5.32 Å². The van der Waals surface area contributed by atoms with Crippen LogP contribution in [0.1, 0.15) is 41.5 Å². The first-order valence-corrected chi connectivity index (χ1v) is 9.47. The zero-order valence-electron chi connectivity index (χ0n) is 15.8. The van der Waals surface area contributed by atoms with Gasteiger partial charge in [0.05, 0.1) is 7.11 Å². The maximum Gasteiger partial charge on any atom is 0.338 e. The standard InChI is InChI=1S/C15H20N6O6S/c1-7(2)9-6-21(4)11(10(9)12(22)23)28(25,26)20-14(24)18-13-16-8(3)17-15(19-13)27-5/h6-7H,1-5H3,(H,22,23)(H2,16,17,18,19,20,24). The lowest BCUT2D eigenvalue weighted by Gasteiger charge is -2.10. The van der Waals surface area contributed by atoms with Crippen molar-refractivity contribution >= 4 is 28.0 Å². The van der Waals surface area contributed by atoms with Gasteiger partial charge in [0, 0.05) is 13.2 Å². The highest BCUT2D eigenvalue weighted by molar-refractivity contribution is 7.90. The quantitative estimate of drug-likeness (QED) is 0.623. The van der Waals surface area contributed by atoms with Gasteiger partial charge in [0.15, 0.2) is 5.03 Å². The molecule has 0 aliphatic rings. The number of anilines is 1. The van der Waals surface area contributed by atoms with E-state index in [9.17, 15) is 23.1 Å². The summed E-state index contributed by atoms with van der Waals surface area (Å²) in [5.41, 5.74) is -0.0657. The molecule has 2 aromatic heterocycles. The number of carbonyl (C=O) groups is 2. The van der Waals surface area contributed by atoms with Crippen molar-refractivity contribution in [2.24, 2.45) is 7.05 Å². The number of aromatic carboxylic acids is 1. The number of nitrogens with one attached hydrogen (secondary N) is 2. The summed E-state index contributed by atoms with van der Waals surface area (Å²) in [5.74, 6) is -1.65. The number of hydrogen-bond donors (Lipinski definition) is 3. The number of ether oxygens (including phenoxy) is 1. The highest BCUT2D eigenvalue weighted by atomic mass is 32.2. The van der Waals surface area contributed by atoms with Gasteiger partial charge in [-0.15, -0.1) is 0 Å². The number of sulfonamides is 1. The minimum atomic E-state index is -4.51. The lowest BCUT2D eigenvalue weighted by Crippen LogP contribution is -2.36. The molecule has 2 rings (SSSR count). The van der Waals surface area contributed by atoms with Crippen LogP contribution in [0.5, 0.6) is 6.01 Å². The highest BCUT2D eigenvalue weighted by Crippen LogP contribution is 2.27. The highest BCUT2D eigenvalue weighted by Gasteiger charge is 2.32. The molecule has 0 radical (unpaired) electrons. The van der Waals surface area contributed by atoms with Crippen molar-refractivity contribution in [1.82, 2.24) is 24.2 Å². The Kier molecular flexibility index (Phi) is 5.87. The van der Waals surface area contributed by atoms with Crippen LogP contribution in [0.4, 0.5) is 10.7 Å². The molecule has 12 nitrogen and oxygen atoms in total. The molecule has 0 saturated heterocycles. The maximum atomic E-state index is 12.7. The Bertz CT molecular complexity index is 1030. The summed E-state index contributed by atoms with van der Waals surface area (Å²) in [6, 6.07) is -1.24. The molecule has 13 heteroatoms. The fourth-order valence-corrected chi connectivity index (χ4v) is 3.81. The number of aryl methyl sites for hydroxylation is 2. The van der Waals surface area contributed by atoms with Crippen molar-refractivity contribution < 1.29 is 27.9 Å². The number of urea groups is 1. The van der Waals surface area contributed by atoms with Crippen LogP contribution in [0.2, 0.25) is 0 Å². The first-order valence-electron chi connectivity index (χ1n) is 7.99. The molecule has 0 saturated carbocycles. The van der Waals surface area contributed by atoms with Crippen LogP contribution >= 0.6 is 0 Å². The van der Waals surface area contributed by atoms with Crippen molar-refractivity contribution in [3.63, 3.8) is 0 Å². The lowest BCUT2D eigenvalue weighted by molar-refractivity contribution is 0.0690. The third-order valence-corrected chi connectivity index (χ3v) is 5.06. The van der Waals surface area contributed by atoms with Crippen molar-refractivity contribution in [2.45, 2.75) is 31.7 Å². The molecule has 2 heterocycles. The van der Waals surface area contributed by atoms with E-state index in [1.165, 1.54) is 27.3 Å². The van der Waals surface area contributed by atoms with E-state index < -0.39 is 32.6 Å². The molecule has 2 amide bonds. The number of nitrogens with zero attached hydrogens (tertiary/aromatic N) is 4. The molecule has 28 heavy (non-hydrogen) atoms. The number of amides is 2. The van der Waals surface area contributed by atoms with E-state index >= 15 is 0 Å². The van der Waals surface area contributed by atoms with Gasteiger partial charge in [0.25, 0.3) is 10.0 Å². The molecule has 0 bridgehead atoms. The number of methoxy groups -OCH3 is 1. The molecule has 0 aliphatic heterocycles. The second-order valence-corrected chi connectivity index (χ2v) is 7.69. The summed E-state index contributed by atoms with van der Waals surface area (Å²) >= 11 is 0. The van der Waals surface area contributed by atoms with Crippen LogP contribution in [-0.4, -0.2) is 52.2 Å².